The molecule has 0 bridgehead atoms. The normalized spacial score (nSPS) is 14.2. The highest BCUT2D eigenvalue weighted by atomic mass is 16.6. The maximum Gasteiger partial charge on any atom is 0.263 e. The van der Waals surface area contributed by atoms with E-state index in [1.165, 1.54) is 0 Å². The summed E-state index contributed by atoms with van der Waals surface area (Å²) < 4.78 is 45.8. The van der Waals surface area contributed by atoms with Crippen molar-refractivity contribution in [3.05, 3.63) is 22.6 Å². The lowest BCUT2D eigenvalue weighted by atomic mass is 9.96. The van der Waals surface area contributed by atoms with Gasteiger partial charge in [0.15, 0.2) is 0 Å². The molecule has 1 aliphatic rings. The Morgan fingerprint density at radius 3 is 1.73 bits per heavy atom. The highest BCUT2D eigenvalue weighted by Gasteiger charge is 2.21. The van der Waals surface area contributed by atoms with Gasteiger partial charge in [-0.15, -0.1) is 0 Å². The van der Waals surface area contributed by atoms with E-state index < -0.39 is 0 Å². The Balaban J connectivity index is 1.09. The summed E-state index contributed by atoms with van der Waals surface area (Å²) in [5, 5.41) is 3.79. The molecular weight excluding hydrogens is 662 g/mol. The maximum atomic E-state index is 13.4. The Labute approximate surface area is 302 Å². The van der Waals surface area contributed by atoms with Crippen molar-refractivity contribution in [2.45, 2.75) is 39.2 Å². The summed E-state index contributed by atoms with van der Waals surface area (Å²) in [6, 6.07) is 1.86. The molecule has 5 N–H and O–H groups in total. The largest absolute Gasteiger partial charge is 0.378 e. The zero-order valence-electron chi connectivity index (χ0n) is 30.7. The third kappa shape index (κ3) is 18.7. The predicted molar refractivity (Wildman–Crippen MR) is 196 cm³/mol. The second-order valence-corrected chi connectivity index (χ2v) is 12.2. The molecular formula is C35H63N7O9. The molecule has 0 aliphatic carbocycles. The minimum atomic E-state index is -0.0688. The van der Waals surface area contributed by atoms with Crippen LogP contribution in [-0.2, 0) is 44.4 Å². The van der Waals surface area contributed by atoms with Gasteiger partial charge in [-0.25, -0.2) is 4.98 Å². The standard InChI is InChI=1S/C35H63N7O9/c1-2-3-8-38-33-32-31(39-35(37)40-33)6-11-42(34(32)43)29-30-4-9-41(10-5-30)12-14-45-16-18-47-20-22-49-24-26-51-28-27-50-25-23-48-21-19-46-17-15-44-13-7-36/h6,11,30H,2-5,7-10,12-29,36H2,1H3,(H3,37,38,39,40). The van der Waals surface area contributed by atoms with Crippen LogP contribution in [0, 0.1) is 5.92 Å². The van der Waals surface area contributed by atoms with E-state index in [2.05, 4.69) is 27.1 Å². The number of ether oxygens (including phenoxy) is 8. The first-order valence-corrected chi connectivity index (χ1v) is 18.6. The molecule has 16 nitrogen and oxygen atoms in total. The molecule has 0 amide bonds. The number of fused-ring (bicyclic) bond motifs is 1. The van der Waals surface area contributed by atoms with Gasteiger partial charge in [0.05, 0.1) is 111 Å². The predicted octanol–water partition coefficient (Wildman–Crippen LogP) is 1.39. The van der Waals surface area contributed by atoms with Gasteiger partial charge in [-0.1, -0.05) is 13.3 Å². The minimum Gasteiger partial charge on any atom is -0.378 e. The van der Waals surface area contributed by atoms with E-state index in [1.807, 2.05) is 12.3 Å². The second-order valence-electron chi connectivity index (χ2n) is 12.2. The lowest BCUT2D eigenvalue weighted by Gasteiger charge is -2.32. The molecule has 0 saturated carbocycles. The van der Waals surface area contributed by atoms with E-state index in [-0.39, 0.29) is 11.5 Å². The Morgan fingerprint density at radius 1 is 0.745 bits per heavy atom. The fourth-order valence-corrected chi connectivity index (χ4v) is 5.44. The van der Waals surface area contributed by atoms with Crippen molar-refractivity contribution < 1.29 is 37.9 Å². The molecule has 16 heteroatoms. The molecule has 2 aromatic rings. The second kappa shape index (κ2) is 28.1. The topological polar surface area (TPSA) is 189 Å². The first kappa shape index (κ1) is 42.9. The fourth-order valence-electron chi connectivity index (χ4n) is 5.44. The number of pyridine rings is 1. The molecule has 0 radical (unpaired) electrons. The number of nitrogens with zero attached hydrogens (tertiary/aromatic N) is 4. The summed E-state index contributed by atoms with van der Waals surface area (Å²) in [5.41, 5.74) is 11.7. The number of nitrogens with one attached hydrogen (secondary N) is 1. The van der Waals surface area contributed by atoms with Gasteiger partial charge in [0.25, 0.3) is 5.56 Å². The number of aromatic nitrogens is 3. The highest BCUT2D eigenvalue weighted by Crippen LogP contribution is 2.21. The van der Waals surface area contributed by atoms with Gasteiger partial charge in [-0.3, -0.25) is 4.79 Å². The number of likely N-dealkylation sites (tertiary alicyclic amines) is 1. The van der Waals surface area contributed by atoms with E-state index in [9.17, 15) is 4.79 Å². The third-order valence-electron chi connectivity index (χ3n) is 8.24. The van der Waals surface area contributed by atoms with Crippen LogP contribution in [0.5, 0.6) is 0 Å². The van der Waals surface area contributed by atoms with Crippen molar-refractivity contribution in [3.63, 3.8) is 0 Å². The molecule has 292 valence electrons. The van der Waals surface area contributed by atoms with Crippen LogP contribution >= 0.6 is 0 Å². The van der Waals surface area contributed by atoms with Crippen molar-refractivity contribution in [1.82, 2.24) is 19.4 Å². The van der Waals surface area contributed by atoms with Gasteiger partial charge in [-0.05, 0) is 44.3 Å². The zero-order valence-corrected chi connectivity index (χ0v) is 30.7. The van der Waals surface area contributed by atoms with E-state index >= 15 is 0 Å². The average Bonchev–Trinajstić information content (AvgIpc) is 3.13. The van der Waals surface area contributed by atoms with Crippen molar-refractivity contribution >= 4 is 22.7 Å². The zero-order chi connectivity index (χ0) is 36.2. The van der Waals surface area contributed by atoms with Crippen molar-refractivity contribution in [2.75, 3.05) is 149 Å². The molecule has 3 rings (SSSR count). The van der Waals surface area contributed by atoms with Crippen LogP contribution in [0.3, 0.4) is 0 Å². The Morgan fingerprint density at radius 2 is 1.24 bits per heavy atom. The van der Waals surface area contributed by atoms with Crippen LogP contribution in [0.15, 0.2) is 17.1 Å². The van der Waals surface area contributed by atoms with E-state index in [4.69, 9.17) is 49.4 Å². The van der Waals surface area contributed by atoms with Gasteiger partial charge in [-0.2, -0.15) is 4.98 Å². The van der Waals surface area contributed by atoms with Crippen LogP contribution in [-0.4, -0.2) is 158 Å². The first-order valence-electron chi connectivity index (χ1n) is 18.6. The van der Waals surface area contributed by atoms with Gasteiger partial charge >= 0.3 is 0 Å². The van der Waals surface area contributed by atoms with Crippen LogP contribution in [0.1, 0.15) is 32.6 Å². The monoisotopic (exact) mass is 725 g/mol. The van der Waals surface area contributed by atoms with Gasteiger partial charge < -0.3 is 64.1 Å². The highest BCUT2D eigenvalue weighted by molar-refractivity contribution is 5.89. The molecule has 0 atom stereocenters. The smallest absolute Gasteiger partial charge is 0.263 e. The summed E-state index contributed by atoms with van der Waals surface area (Å²) in [6.07, 6.45) is 5.93. The maximum absolute atomic E-state index is 13.4. The van der Waals surface area contributed by atoms with Crippen LogP contribution in [0.25, 0.3) is 10.9 Å². The van der Waals surface area contributed by atoms with Gasteiger partial charge in [0.2, 0.25) is 5.95 Å². The van der Waals surface area contributed by atoms with Gasteiger partial charge in [0, 0.05) is 32.4 Å². The van der Waals surface area contributed by atoms with Crippen LogP contribution < -0.4 is 22.3 Å². The molecule has 0 spiro atoms. The third-order valence-corrected chi connectivity index (χ3v) is 8.24. The van der Waals surface area contributed by atoms with Crippen molar-refractivity contribution in [2.24, 2.45) is 11.7 Å². The number of anilines is 2. The minimum absolute atomic E-state index is 0.0688. The number of unbranched alkanes of at least 4 members (excludes halogenated alkanes) is 1. The summed E-state index contributed by atoms with van der Waals surface area (Å²) in [4.78, 5) is 24.4. The lowest BCUT2D eigenvalue weighted by Crippen LogP contribution is -2.38. The number of hydrogen-bond donors (Lipinski definition) is 3. The molecule has 1 aliphatic heterocycles. The number of nitrogen functional groups attached to an aromatic ring is 1. The first-order chi connectivity index (χ1) is 25.1. The SMILES string of the molecule is CCCCNc1nc(N)nc2ccn(CC3CCN(CCOCCOCCOCCOCCOCCOCCOCCOCCN)CC3)c(=O)c12. The average molecular weight is 726 g/mol. The van der Waals surface area contributed by atoms with Crippen molar-refractivity contribution in [3.8, 4) is 0 Å². The summed E-state index contributed by atoms with van der Waals surface area (Å²) >= 11 is 0. The summed E-state index contributed by atoms with van der Waals surface area (Å²) in [7, 11) is 0. The van der Waals surface area contributed by atoms with E-state index in [1.54, 1.807) is 4.57 Å². The molecule has 2 aromatic heterocycles. The molecule has 3 heterocycles. The Bertz CT molecular complexity index is 1220. The number of hydrogen-bond acceptors (Lipinski definition) is 15. The van der Waals surface area contributed by atoms with Crippen LogP contribution in [0.4, 0.5) is 11.8 Å². The van der Waals surface area contributed by atoms with E-state index in [0.29, 0.717) is 141 Å². The summed E-state index contributed by atoms with van der Waals surface area (Å²) in [5.74, 6) is 1.13. The quantitative estimate of drug-likeness (QED) is 0.0918. The number of rotatable bonds is 32. The molecule has 51 heavy (non-hydrogen) atoms. The van der Waals surface area contributed by atoms with E-state index in [0.717, 1.165) is 51.9 Å². The molecule has 1 saturated heterocycles. The summed E-state index contributed by atoms with van der Waals surface area (Å²) in [6.45, 7) is 15.5. The lowest BCUT2D eigenvalue weighted by molar-refractivity contribution is -0.0234. The van der Waals surface area contributed by atoms with Gasteiger partial charge in [0.1, 0.15) is 11.2 Å². The van der Waals surface area contributed by atoms with Crippen LogP contribution in [0.2, 0.25) is 0 Å². The molecule has 0 unspecified atom stereocenters. The number of piperidine rings is 1. The molecule has 1 fully saturated rings. The fraction of sp³-hybridized carbons (Fsp3) is 0.800. The van der Waals surface area contributed by atoms with Crippen molar-refractivity contribution in [1.29, 1.82) is 0 Å². The Kier molecular flexibility index (Phi) is 23.6. The molecule has 0 aromatic carbocycles. The number of nitrogens with two attached hydrogens (primary N) is 2. The Hall–Kier alpha value is -2.51.